The summed E-state index contributed by atoms with van der Waals surface area (Å²) >= 11 is 1.03. The standard InChI is InChI=1S/C35H30F3N3O2S/c1-43-32-17-11-24(10-16-31(42)26-12-14-28(15-13-26)41-18-6-3-7-19-41)20-27(32)23-44-34-30(22-39)29(25-8-4-2-5-9-25)21-33(40-34)35(36,37)38/h2,4-5,8-17,20-21H,3,6-7,18-19,23H2,1H3/b16-10+. The highest BCUT2D eigenvalue weighted by Gasteiger charge is 2.34. The molecule has 5 nitrogen and oxygen atoms in total. The van der Waals surface area contributed by atoms with Gasteiger partial charge in [0.05, 0.1) is 12.7 Å². The van der Waals surface area contributed by atoms with Gasteiger partial charge in [0.1, 0.15) is 22.5 Å². The van der Waals surface area contributed by atoms with Crippen molar-refractivity contribution in [1.29, 1.82) is 5.26 Å². The van der Waals surface area contributed by atoms with Crippen molar-refractivity contribution < 1.29 is 22.7 Å². The number of thioether (sulfide) groups is 1. The Bertz CT molecular complexity index is 1690. The first-order valence-electron chi connectivity index (χ1n) is 14.2. The van der Waals surface area contributed by atoms with Crippen LogP contribution in [0.1, 0.15) is 52.0 Å². The molecule has 1 fully saturated rings. The number of methoxy groups -OCH3 is 1. The maximum atomic E-state index is 13.8. The summed E-state index contributed by atoms with van der Waals surface area (Å²) in [4.78, 5) is 19.1. The number of hydrogen-bond acceptors (Lipinski definition) is 6. The van der Waals surface area contributed by atoms with Gasteiger partial charge in [-0.25, -0.2) is 4.98 Å². The van der Waals surface area contributed by atoms with E-state index in [9.17, 15) is 23.2 Å². The zero-order valence-corrected chi connectivity index (χ0v) is 24.9. The summed E-state index contributed by atoms with van der Waals surface area (Å²) < 4.78 is 46.9. The molecule has 0 spiro atoms. The Morgan fingerprint density at radius 2 is 1.75 bits per heavy atom. The number of anilines is 1. The molecule has 0 radical (unpaired) electrons. The molecule has 0 saturated carbocycles. The molecule has 0 aliphatic carbocycles. The number of rotatable bonds is 9. The summed E-state index contributed by atoms with van der Waals surface area (Å²) in [6.07, 6.45) is 2.12. The molecule has 0 N–H and O–H groups in total. The highest BCUT2D eigenvalue weighted by molar-refractivity contribution is 7.98. The first-order valence-corrected chi connectivity index (χ1v) is 15.2. The normalized spacial score (nSPS) is 13.6. The van der Waals surface area contributed by atoms with Crippen molar-refractivity contribution in [3.8, 4) is 22.9 Å². The van der Waals surface area contributed by atoms with Gasteiger partial charge in [-0.1, -0.05) is 42.5 Å². The highest BCUT2D eigenvalue weighted by atomic mass is 32.2. The quantitative estimate of drug-likeness (QED) is 0.107. The molecule has 0 atom stereocenters. The summed E-state index contributed by atoms with van der Waals surface area (Å²) in [5, 5.41) is 9.92. The van der Waals surface area contributed by atoms with E-state index in [0.717, 1.165) is 42.2 Å². The van der Waals surface area contributed by atoms with Crippen LogP contribution in [0.4, 0.5) is 18.9 Å². The molecule has 0 amide bonds. The third-order valence-corrected chi connectivity index (χ3v) is 8.47. The maximum absolute atomic E-state index is 13.8. The fourth-order valence-electron chi connectivity index (χ4n) is 5.14. The van der Waals surface area contributed by atoms with Crippen LogP contribution in [-0.4, -0.2) is 31.0 Å². The number of alkyl halides is 3. The first-order chi connectivity index (χ1) is 21.3. The van der Waals surface area contributed by atoms with Crippen molar-refractivity contribution >= 4 is 29.3 Å². The first kappa shape index (κ1) is 30.9. The van der Waals surface area contributed by atoms with Crippen LogP contribution < -0.4 is 9.64 Å². The SMILES string of the molecule is COc1ccc(/C=C/C(=O)c2ccc(N3CCCCC3)cc2)cc1CSc1nc(C(F)(F)F)cc(-c2ccccc2)c1C#N. The molecule has 1 aromatic heterocycles. The zero-order chi connectivity index (χ0) is 31.1. The molecular weight excluding hydrogens is 583 g/mol. The Labute approximate surface area is 259 Å². The third kappa shape index (κ3) is 7.32. The third-order valence-electron chi connectivity index (χ3n) is 7.44. The second-order valence-electron chi connectivity index (χ2n) is 10.4. The lowest BCUT2D eigenvalue weighted by Crippen LogP contribution is -2.29. The number of ether oxygens (including phenoxy) is 1. The molecule has 1 aliphatic rings. The second kappa shape index (κ2) is 13.8. The summed E-state index contributed by atoms with van der Waals surface area (Å²) in [7, 11) is 1.51. The van der Waals surface area contributed by atoms with E-state index in [4.69, 9.17) is 4.74 Å². The number of carbonyl (C=O) groups is 1. The number of aromatic nitrogens is 1. The zero-order valence-electron chi connectivity index (χ0n) is 24.1. The molecular formula is C35H30F3N3O2S. The van der Waals surface area contributed by atoms with Crippen molar-refractivity contribution in [2.45, 2.75) is 36.2 Å². The number of nitrogens with zero attached hydrogens (tertiary/aromatic N) is 3. The Hall–Kier alpha value is -4.55. The number of pyridine rings is 1. The topological polar surface area (TPSA) is 66.2 Å². The van der Waals surface area contributed by atoms with E-state index in [1.807, 2.05) is 30.3 Å². The Balaban J connectivity index is 1.36. The van der Waals surface area contributed by atoms with Gasteiger partial charge >= 0.3 is 6.18 Å². The molecule has 5 rings (SSSR count). The summed E-state index contributed by atoms with van der Waals surface area (Å²) in [5.41, 5.74) is 2.78. The predicted molar refractivity (Wildman–Crippen MR) is 168 cm³/mol. The van der Waals surface area contributed by atoms with Crippen LogP contribution in [0.3, 0.4) is 0 Å². The molecule has 9 heteroatoms. The van der Waals surface area contributed by atoms with Gasteiger partial charge in [-0.05, 0) is 78.9 Å². The number of ketones is 1. The summed E-state index contributed by atoms with van der Waals surface area (Å²) in [6, 6.07) is 24.5. The molecule has 1 saturated heterocycles. The fourth-order valence-corrected chi connectivity index (χ4v) is 6.12. The number of piperidine rings is 1. The molecule has 224 valence electrons. The predicted octanol–water partition coefficient (Wildman–Crippen LogP) is 8.83. The number of nitriles is 1. The largest absolute Gasteiger partial charge is 0.496 e. The minimum absolute atomic E-state index is 0.0210. The van der Waals surface area contributed by atoms with Crippen LogP contribution in [0.5, 0.6) is 5.75 Å². The molecule has 44 heavy (non-hydrogen) atoms. The van der Waals surface area contributed by atoms with Gasteiger partial charge in [0, 0.05) is 41.2 Å². The van der Waals surface area contributed by atoms with Crippen LogP contribution in [0.2, 0.25) is 0 Å². The van der Waals surface area contributed by atoms with Gasteiger partial charge in [-0.2, -0.15) is 18.4 Å². The van der Waals surface area contributed by atoms with Crippen LogP contribution in [0, 0.1) is 11.3 Å². The molecule has 2 heterocycles. The van der Waals surface area contributed by atoms with Crippen LogP contribution in [0.15, 0.2) is 90.0 Å². The fraction of sp³-hybridized carbons (Fsp3) is 0.229. The molecule has 1 aliphatic heterocycles. The van der Waals surface area contributed by atoms with Crippen LogP contribution in [0.25, 0.3) is 17.2 Å². The van der Waals surface area contributed by atoms with E-state index in [-0.39, 0.29) is 27.7 Å². The maximum Gasteiger partial charge on any atom is 0.433 e. The molecule has 0 unspecified atom stereocenters. The van der Waals surface area contributed by atoms with E-state index in [2.05, 4.69) is 16.0 Å². The van der Waals surface area contributed by atoms with Crippen molar-refractivity contribution in [1.82, 2.24) is 4.98 Å². The lowest BCUT2D eigenvalue weighted by atomic mass is 10.0. The molecule has 4 aromatic rings. The molecule has 3 aromatic carbocycles. The smallest absolute Gasteiger partial charge is 0.433 e. The van der Waals surface area contributed by atoms with Crippen LogP contribution >= 0.6 is 11.8 Å². The van der Waals surface area contributed by atoms with Gasteiger partial charge in [0.25, 0.3) is 0 Å². The van der Waals surface area contributed by atoms with E-state index in [1.54, 1.807) is 48.5 Å². The lowest BCUT2D eigenvalue weighted by molar-refractivity contribution is -0.141. The van der Waals surface area contributed by atoms with Crippen molar-refractivity contribution in [2.75, 3.05) is 25.1 Å². The molecule has 0 bridgehead atoms. The number of benzene rings is 3. The monoisotopic (exact) mass is 613 g/mol. The Morgan fingerprint density at radius 3 is 2.41 bits per heavy atom. The Kier molecular flexibility index (Phi) is 9.71. The number of allylic oxidation sites excluding steroid dienone is 1. The van der Waals surface area contributed by atoms with Gasteiger partial charge in [0.15, 0.2) is 5.78 Å². The van der Waals surface area contributed by atoms with Gasteiger partial charge in [-0.15, -0.1) is 11.8 Å². The van der Waals surface area contributed by atoms with Crippen molar-refractivity contribution in [3.05, 3.63) is 113 Å². The van der Waals surface area contributed by atoms with E-state index in [0.29, 0.717) is 22.4 Å². The number of hydrogen-bond donors (Lipinski definition) is 0. The Morgan fingerprint density at radius 1 is 1.02 bits per heavy atom. The summed E-state index contributed by atoms with van der Waals surface area (Å²) in [6.45, 7) is 2.06. The average molecular weight is 614 g/mol. The number of carbonyl (C=O) groups excluding carboxylic acids is 1. The summed E-state index contributed by atoms with van der Waals surface area (Å²) in [5.74, 6) is 0.582. The van der Waals surface area contributed by atoms with Gasteiger partial charge in [0.2, 0.25) is 0 Å². The van der Waals surface area contributed by atoms with Crippen molar-refractivity contribution in [3.63, 3.8) is 0 Å². The average Bonchev–Trinajstić information content (AvgIpc) is 3.06. The van der Waals surface area contributed by atoms with Crippen LogP contribution in [-0.2, 0) is 11.9 Å². The van der Waals surface area contributed by atoms with E-state index in [1.165, 1.54) is 32.4 Å². The lowest BCUT2D eigenvalue weighted by Gasteiger charge is -2.28. The minimum Gasteiger partial charge on any atom is -0.496 e. The second-order valence-corrected chi connectivity index (χ2v) is 11.3. The van der Waals surface area contributed by atoms with E-state index < -0.39 is 11.9 Å². The van der Waals surface area contributed by atoms with Gasteiger partial charge < -0.3 is 9.64 Å². The van der Waals surface area contributed by atoms with E-state index >= 15 is 0 Å². The minimum atomic E-state index is -4.68. The van der Waals surface area contributed by atoms with Gasteiger partial charge in [-0.3, -0.25) is 4.79 Å². The highest BCUT2D eigenvalue weighted by Crippen LogP contribution is 2.38. The number of halogens is 3. The van der Waals surface area contributed by atoms with Crippen molar-refractivity contribution in [2.24, 2.45) is 0 Å².